The minimum Gasteiger partial charge on any atom is -0.478 e. The summed E-state index contributed by atoms with van der Waals surface area (Å²) in [6.45, 7) is 1.60. The lowest BCUT2D eigenvalue weighted by molar-refractivity contribution is -0.385. The van der Waals surface area contributed by atoms with Crippen LogP contribution in [-0.2, 0) is 0 Å². The maximum Gasteiger partial charge on any atom is 0.335 e. The highest BCUT2D eigenvalue weighted by atomic mass is 35.5. The van der Waals surface area contributed by atoms with Gasteiger partial charge in [0.1, 0.15) is 0 Å². The van der Waals surface area contributed by atoms with Crippen molar-refractivity contribution in [2.75, 3.05) is 0 Å². The Morgan fingerprint density at radius 2 is 1.90 bits per heavy atom. The van der Waals surface area contributed by atoms with Gasteiger partial charge in [-0.15, -0.1) is 0 Å². The molecule has 0 atom stereocenters. The van der Waals surface area contributed by atoms with Gasteiger partial charge in [-0.25, -0.2) is 4.79 Å². The molecule has 0 unspecified atom stereocenters. The van der Waals surface area contributed by atoms with Crippen LogP contribution in [0.15, 0.2) is 46.2 Å². The molecule has 5 nitrogen and oxygen atoms in total. The van der Waals surface area contributed by atoms with Gasteiger partial charge in [0.2, 0.25) is 0 Å². The molecule has 0 saturated carbocycles. The minimum atomic E-state index is -1.20. The van der Waals surface area contributed by atoms with Crippen LogP contribution in [0, 0.1) is 17.0 Å². The third kappa shape index (κ3) is 3.53. The molecule has 0 amide bonds. The SMILES string of the molecule is Cc1c(Sc2ccc(Cl)cc2)cc(C(=O)O)cc1[N+](=O)[O-]. The maximum absolute atomic E-state index is 11.1. The highest BCUT2D eigenvalue weighted by Crippen LogP contribution is 2.35. The number of aromatic carboxylic acids is 1. The number of halogens is 1. The molecule has 7 heteroatoms. The summed E-state index contributed by atoms with van der Waals surface area (Å²) >= 11 is 7.06. The van der Waals surface area contributed by atoms with E-state index in [9.17, 15) is 14.9 Å². The van der Waals surface area contributed by atoms with E-state index in [1.807, 2.05) is 0 Å². The molecule has 21 heavy (non-hydrogen) atoms. The minimum absolute atomic E-state index is 0.108. The smallest absolute Gasteiger partial charge is 0.335 e. The van der Waals surface area contributed by atoms with Gasteiger partial charge in [0.15, 0.2) is 0 Å². The maximum atomic E-state index is 11.1. The van der Waals surface area contributed by atoms with Gasteiger partial charge in [-0.3, -0.25) is 10.1 Å². The van der Waals surface area contributed by atoms with Crippen LogP contribution >= 0.6 is 23.4 Å². The summed E-state index contributed by atoms with van der Waals surface area (Å²) in [6, 6.07) is 9.45. The van der Waals surface area contributed by atoms with Crippen molar-refractivity contribution in [3.05, 3.63) is 62.7 Å². The molecule has 0 saturated heterocycles. The Hall–Kier alpha value is -2.05. The zero-order valence-electron chi connectivity index (χ0n) is 10.9. The average Bonchev–Trinajstić information content (AvgIpc) is 2.42. The normalized spacial score (nSPS) is 10.4. The zero-order chi connectivity index (χ0) is 15.6. The number of carbonyl (C=O) groups is 1. The Kier molecular flexibility index (Phi) is 4.50. The third-order valence-electron chi connectivity index (χ3n) is 2.82. The Bertz CT molecular complexity index is 716. The summed E-state index contributed by atoms with van der Waals surface area (Å²) in [5, 5.41) is 20.7. The van der Waals surface area contributed by atoms with Crippen molar-refractivity contribution in [2.24, 2.45) is 0 Å². The fourth-order valence-corrected chi connectivity index (χ4v) is 2.82. The summed E-state index contributed by atoms with van der Waals surface area (Å²) in [5.74, 6) is -1.20. The van der Waals surface area contributed by atoms with Gasteiger partial charge >= 0.3 is 5.97 Å². The van der Waals surface area contributed by atoms with Crippen LogP contribution in [0.5, 0.6) is 0 Å². The van der Waals surface area contributed by atoms with Crippen molar-refractivity contribution in [3.8, 4) is 0 Å². The standard InChI is InChI=1S/C14H10ClNO4S/c1-8-12(16(19)20)6-9(14(17)18)7-13(8)21-11-4-2-10(15)3-5-11/h2-7H,1H3,(H,17,18). The van der Waals surface area contributed by atoms with Crippen LogP contribution in [0.3, 0.4) is 0 Å². The van der Waals surface area contributed by atoms with Crippen LogP contribution in [0.4, 0.5) is 5.69 Å². The number of carboxylic acid groups (broad SMARTS) is 1. The summed E-state index contributed by atoms with van der Waals surface area (Å²) in [6.07, 6.45) is 0. The van der Waals surface area contributed by atoms with E-state index in [0.717, 1.165) is 11.0 Å². The molecule has 0 aliphatic carbocycles. The molecule has 108 valence electrons. The van der Waals surface area contributed by atoms with Crippen LogP contribution in [0.1, 0.15) is 15.9 Å². The van der Waals surface area contributed by atoms with E-state index >= 15 is 0 Å². The van der Waals surface area contributed by atoms with Gasteiger partial charge in [0, 0.05) is 26.4 Å². The topological polar surface area (TPSA) is 80.4 Å². The highest BCUT2D eigenvalue weighted by Gasteiger charge is 2.19. The van der Waals surface area contributed by atoms with E-state index < -0.39 is 10.9 Å². The number of hydrogen-bond acceptors (Lipinski definition) is 4. The summed E-state index contributed by atoms with van der Waals surface area (Å²) in [4.78, 5) is 22.9. The summed E-state index contributed by atoms with van der Waals surface area (Å²) < 4.78 is 0. The molecule has 0 aliphatic rings. The van der Waals surface area contributed by atoms with Crippen molar-refractivity contribution < 1.29 is 14.8 Å². The van der Waals surface area contributed by atoms with Crippen molar-refractivity contribution in [3.63, 3.8) is 0 Å². The van der Waals surface area contributed by atoms with Crippen LogP contribution in [0.2, 0.25) is 5.02 Å². The molecule has 0 aromatic heterocycles. The molecule has 0 aliphatic heterocycles. The first-order valence-corrected chi connectivity index (χ1v) is 7.03. The molecule has 2 rings (SSSR count). The Labute approximate surface area is 129 Å². The lowest BCUT2D eigenvalue weighted by Crippen LogP contribution is -2.01. The first-order chi connectivity index (χ1) is 9.88. The Balaban J connectivity index is 2.48. The van der Waals surface area contributed by atoms with Crippen LogP contribution in [-0.4, -0.2) is 16.0 Å². The second-order valence-electron chi connectivity index (χ2n) is 4.24. The van der Waals surface area contributed by atoms with E-state index in [2.05, 4.69) is 0 Å². The number of carboxylic acids is 1. The number of nitro benzene ring substituents is 1. The van der Waals surface area contributed by atoms with E-state index in [4.69, 9.17) is 16.7 Å². The van der Waals surface area contributed by atoms with E-state index in [1.54, 1.807) is 31.2 Å². The predicted molar refractivity (Wildman–Crippen MR) is 80.4 cm³/mol. The second kappa shape index (κ2) is 6.15. The lowest BCUT2D eigenvalue weighted by atomic mass is 10.1. The summed E-state index contributed by atoms with van der Waals surface area (Å²) in [7, 11) is 0. The van der Waals surface area contributed by atoms with E-state index in [0.29, 0.717) is 15.5 Å². The molecule has 0 fully saturated rings. The number of hydrogen-bond donors (Lipinski definition) is 1. The van der Waals surface area contributed by atoms with Crippen molar-refractivity contribution >= 4 is 35.0 Å². The fourth-order valence-electron chi connectivity index (χ4n) is 1.72. The molecule has 0 spiro atoms. The Morgan fingerprint density at radius 3 is 2.43 bits per heavy atom. The first kappa shape index (κ1) is 15.3. The molecule has 0 bridgehead atoms. The quantitative estimate of drug-likeness (QED) is 0.666. The van der Waals surface area contributed by atoms with Crippen LogP contribution in [0.25, 0.3) is 0 Å². The third-order valence-corrected chi connectivity index (χ3v) is 4.22. The lowest BCUT2D eigenvalue weighted by Gasteiger charge is -2.08. The van der Waals surface area contributed by atoms with Gasteiger partial charge in [0.05, 0.1) is 10.5 Å². The number of rotatable bonds is 4. The van der Waals surface area contributed by atoms with Crippen molar-refractivity contribution in [2.45, 2.75) is 16.7 Å². The molecule has 1 N–H and O–H groups in total. The number of benzene rings is 2. The van der Waals surface area contributed by atoms with Gasteiger partial charge in [0.25, 0.3) is 5.69 Å². The van der Waals surface area contributed by atoms with Crippen molar-refractivity contribution in [1.29, 1.82) is 0 Å². The first-order valence-electron chi connectivity index (χ1n) is 5.84. The molecular formula is C14H10ClNO4S. The van der Waals surface area contributed by atoms with Gasteiger partial charge < -0.3 is 5.11 Å². The number of nitro groups is 1. The second-order valence-corrected chi connectivity index (χ2v) is 5.79. The largest absolute Gasteiger partial charge is 0.478 e. The van der Waals surface area contributed by atoms with Crippen molar-refractivity contribution in [1.82, 2.24) is 0 Å². The molecular weight excluding hydrogens is 314 g/mol. The number of nitrogens with zero attached hydrogens (tertiary/aromatic N) is 1. The fraction of sp³-hybridized carbons (Fsp3) is 0.0714. The molecule has 0 heterocycles. The van der Waals surface area contributed by atoms with Gasteiger partial charge in [-0.05, 0) is 37.3 Å². The molecule has 2 aromatic rings. The van der Waals surface area contributed by atoms with Gasteiger partial charge in [-0.1, -0.05) is 23.4 Å². The zero-order valence-corrected chi connectivity index (χ0v) is 12.4. The molecule has 2 aromatic carbocycles. The van der Waals surface area contributed by atoms with Gasteiger partial charge in [-0.2, -0.15) is 0 Å². The predicted octanol–water partition coefficient (Wildman–Crippen LogP) is 4.41. The molecule has 0 radical (unpaired) electrons. The average molecular weight is 324 g/mol. The Morgan fingerprint density at radius 1 is 1.29 bits per heavy atom. The monoisotopic (exact) mass is 323 g/mol. The van der Waals surface area contributed by atoms with Crippen LogP contribution < -0.4 is 0 Å². The summed E-state index contributed by atoms with van der Waals surface area (Å²) in [5.41, 5.74) is 0.125. The van der Waals surface area contributed by atoms with E-state index in [-0.39, 0.29) is 11.3 Å². The highest BCUT2D eigenvalue weighted by molar-refractivity contribution is 7.99. The van der Waals surface area contributed by atoms with E-state index in [1.165, 1.54) is 17.8 Å².